The van der Waals surface area contributed by atoms with Gasteiger partial charge >= 0.3 is 0 Å². The molecule has 4 nitrogen and oxygen atoms in total. The molecule has 2 aliphatic carbocycles. The van der Waals surface area contributed by atoms with Gasteiger partial charge in [0.2, 0.25) is 0 Å². The number of rotatable bonds is 1. The second-order valence-corrected chi connectivity index (χ2v) is 6.32. The van der Waals surface area contributed by atoms with Gasteiger partial charge < -0.3 is 19.5 Å². The number of ether oxygens (including phenoxy) is 2. The zero-order valence-electron chi connectivity index (χ0n) is 18.4. The molecule has 4 heteroatoms. The highest BCUT2D eigenvalue weighted by molar-refractivity contribution is 5.62. The van der Waals surface area contributed by atoms with Crippen molar-refractivity contribution in [1.29, 1.82) is 0 Å². The van der Waals surface area contributed by atoms with Crippen LogP contribution >= 0.6 is 0 Å². The molecule has 0 saturated carbocycles. The molecule has 1 N–H and O–H groups in total. The van der Waals surface area contributed by atoms with Crippen LogP contribution in [0, 0.1) is 5.89 Å². The largest absolute Gasteiger partial charge is 0.493 e. The summed E-state index contributed by atoms with van der Waals surface area (Å²) in [7, 11) is 3.08. The van der Waals surface area contributed by atoms with Gasteiger partial charge in [-0.15, -0.1) is 0 Å². The lowest BCUT2D eigenvalue weighted by Crippen LogP contribution is -2.64. The van der Waals surface area contributed by atoms with E-state index in [1.807, 2.05) is 0 Å². The second kappa shape index (κ2) is 4.06. The van der Waals surface area contributed by atoms with E-state index in [0.717, 1.165) is 0 Å². The summed E-state index contributed by atoms with van der Waals surface area (Å²) in [5, 5.41) is 10.8. The summed E-state index contributed by atoms with van der Waals surface area (Å²) in [5.41, 5.74) is -0.876. The molecule has 5 rings (SSSR count). The minimum absolute atomic E-state index is 0.0150. The monoisotopic (exact) mass is 305 g/mol. The van der Waals surface area contributed by atoms with Crippen LogP contribution in [0.2, 0.25) is 0 Å². The molecule has 1 fully saturated rings. The fourth-order valence-corrected chi connectivity index (χ4v) is 4.40. The van der Waals surface area contributed by atoms with E-state index < -0.39 is 35.9 Å². The van der Waals surface area contributed by atoms with Crippen LogP contribution in [-0.4, -0.2) is 48.9 Å². The predicted molar refractivity (Wildman–Crippen MR) is 82.5 cm³/mol. The van der Waals surface area contributed by atoms with Gasteiger partial charge in [0.15, 0.2) is 11.5 Å². The summed E-state index contributed by atoms with van der Waals surface area (Å²) in [4.78, 5) is 1.77. The van der Waals surface area contributed by atoms with E-state index in [4.69, 9.17) is 16.3 Å². The number of methoxy groups -OCH3 is 1. The predicted octanol–water partition coefficient (Wildman–Crippen LogP) is 1.50. The number of piperidine rings is 1. The highest BCUT2D eigenvalue weighted by atomic mass is 16.5. The number of nitrogens with zero attached hydrogens (tertiary/aromatic N) is 1. The Labute approximate surface area is 138 Å². The third-order valence-corrected chi connectivity index (χ3v) is 5.41. The number of likely N-dealkylation sites (N-methyl/N-ethyl adjacent to an activating group) is 1. The van der Waals surface area contributed by atoms with Crippen molar-refractivity contribution in [2.45, 2.75) is 36.4 Å². The van der Waals surface area contributed by atoms with E-state index in [2.05, 4.69) is 0 Å². The Morgan fingerprint density at radius 3 is 3.23 bits per heavy atom. The van der Waals surface area contributed by atoms with Gasteiger partial charge in [0.05, 0.1) is 11.2 Å². The molecule has 2 heterocycles. The zero-order valence-corrected chi connectivity index (χ0v) is 12.4. The lowest BCUT2D eigenvalue weighted by Gasteiger charge is -2.56. The highest BCUT2D eigenvalue weighted by Crippen LogP contribution is 2.62. The summed E-state index contributed by atoms with van der Waals surface area (Å²) in [6, 6.07) is -1.55. The topological polar surface area (TPSA) is 41.9 Å². The van der Waals surface area contributed by atoms with Crippen molar-refractivity contribution in [2.75, 3.05) is 20.7 Å². The van der Waals surface area contributed by atoms with Crippen molar-refractivity contribution in [3.63, 3.8) is 0 Å². The maximum absolute atomic E-state index is 10.8. The van der Waals surface area contributed by atoms with Crippen LogP contribution in [0.1, 0.15) is 25.8 Å². The number of likely N-dealkylation sites (tertiary alicyclic amines) is 1. The average molecular weight is 305 g/mol. The molecule has 1 spiro atoms. The molecule has 5 atom stereocenters. The van der Waals surface area contributed by atoms with Crippen molar-refractivity contribution in [1.82, 2.24) is 4.90 Å². The third kappa shape index (κ3) is 1.28. The fraction of sp³-hybridized carbons (Fsp3) is 0.556. The number of hydrogen-bond donors (Lipinski definition) is 1. The molecule has 4 aliphatic rings. The number of hydrogen-bond acceptors (Lipinski definition) is 4. The van der Waals surface area contributed by atoms with Crippen LogP contribution in [-0.2, 0) is 11.8 Å². The first-order chi connectivity index (χ1) is 12.9. The van der Waals surface area contributed by atoms with E-state index in [1.54, 1.807) is 11.9 Å². The first-order valence-electron chi connectivity index (χ1n) is 10.5. The molecule has 1 aromatic rings. The van der Waals surface area contributed by atoms with E-state index in [9.17, 15) is 6.48 Å². The third-order valence-electron chi connectivity index (χ3n) is 5.41. The van der Waals surface area contributed by atoms with Gasteiger partial charge in [0.25, 0.3) is 0 Å². The van der Waals surface area contributed by atoms with Crippen LogP contribution in [0.5, 0.6) is 11.5 Å². The molecule has 116 valence electrons. The zero-order chi connectivity index (χ0) is 20.4. The maximum atomic E-state index is 10.8. The Morgan fingerprint density at radius 2 is 2.41 bits per heavy atom. The van der Waals surface area contributed by atoms with Gasteiger partial charge in [-0.25, -0.2) is 0 Å². The van der Waals surface area contributed by atoms with Gasteiger partial charge in [-0.1, -0.05) is 18.2 Å². The Hall–Kier alpha value is -1.52. The molecular formula is C18H21NO3. The molecule has 0 radical (unpaired) electrons. The van der Waals surface area contributed by atoms with Crippen LogP contribution in [0.4, 0.5) is 0 Å². The average Bonchev–Trinajstić information content (AvgIpc) is 2.94. The Kier molecular flexibility index (Phi) is 1.54. The summed E-state index contributed by atoms with van der Waals surface area (Å²) < 4.78 is 63.8. The van der Waals surface area contributed by atoms with Gasteiger partial charge in [0.1, 0.15) is 12.2 Å². The van der Waals surface area contributed by atoms with Gasteiger partial charge in [-0.05, 0) is 38.0 Å². The van der Waals surface area contributed by atoms with Crippen molar-refractivity contribution >= 4 is 0 Å². The van der Waals surface area contributed by atoms with E-state index in [-0.39, 0.29) is 29.1 Å². The molecule has 0 aromatic heterocycles. The lowest BCUT2D eigenvalue weighted by atomic mass is 9.53. The first kappa shape index (κ1) is 8.37. The molecule has 1 aromatic carbocycles. The summed E-state index contributed by atoms with van der Waals surface area (Å²) >= 11 is 0. The number of benzene rings is 1. The van der Waals surface area contributed by atoms with Crippen LogP contribution in [0.25, 0.3) is 0 Å². The first-order valence-corrected chi connectivity index (χ1v) is 7.47. The van der Waals surface area contributed by atoms with Crippen molar-refractivity contribution < 1.29 is 22.8 Å². The highest BCUT2D eigenvalue weighted by Gasteiger charge is 2.64. The van der Waals surface area contributed by atoms with Gasteiger partial charge in [0, 0.05) is 27.0 Å². The molecule has 2 unspecified atom stereocenters. The minimum Gasteiger partial charge on any atom is -0.493 e. The van der Waals surface area contributed by atoms with Gasteiger partial charge in [-0.2, -0.15) is 0 Å². The smallest absolute Gasteiger partial charge is 0.165 e. The normalized spacial score (nSPS) is 54.0. The standard InChI is InChI=1S/C18H21NO3/c1-19-8-7-18-11-4-5-13(20)17(18)22-16-14(21-2)6-3-10(15(16)18)9-12(11)19/h3-6,11-13,17,20H,7-9H2,1-2H3/t11-,12+,13?,17?,18-/m0/s1/i3D,6D,9D2,11D,13D. The van der Waals surface area contributed by atoms with E-state index in [1.165, 1.54) is 19.3 Å². The summed E-state index contributed by atoms with van der Waals surface area (Å²) in [6.45, 7) is 0.450. The van der Waals surface area contributed by atoms with Crippen molar-refractivity contribution in [3.05, 3.63) is 35.4 Å². The number of aliphatic hydroxyl groups is 1. The van der Waals surface area contributed by atoms with Crippen LogP contribution in [0.3, 0.4) is 0 Å². The Morgan fingerprint density at radius 1 is 1.55 bits per heavy atom. The van der Waals surface area contributed by atoms with E-state index >= 15 is 0 Å². The molecule has 1 saturated heterocycles. The maximum Gasteiger partial charge on any atom is 0.165 e. The molecule has 22 heavy (non-hydrogen) atoms. The van der Waals surface area contributed by atoms with E-state index in [0.29, 0.717) is 18.5 Å². The summed E-state index contributed by atoms with van der Waals surface area (Å²) in [5.74, 6) is -1.44. The Bertz CT molecular complexity index is 950. The molecule has 0 amide bonds. The van der Waals surface area contributed by atoms with Crippen molar-refractivity contribution in [3.8, 4) is 11.5 Å². The van der Waals surface area contributed by atoms with Crippen LogP contribution in [0.15, 0.2) is 24.2 Å². The molecule has 2 bridgehead atoms. The molecule has 2 aliphatic heterocycles. The summed E-state index contributed by atoms with van der Waals surface area (Å²) in [6.07, 6.45) is -2.39. The fourth-order valence-electron chi connectivity index (χ4n) is 4.40. The Balaban J connectivity index is 2.00. The minimum atomic E-state index is -2.12. The molecular weight excluding hydrogens is 278 g/mol. The van der Waals surface area contributed by atoms with Crippen molar-refractivity contribution in [2.24, 2.45) is 5.89 Å². The second-order valence-electron chi connectivity index (χ2n) is 6.32. The van der Waals surface area contributed by atoms with Gasteiger partial charge in [-0.3, -0.25) is 0 Å². The lowest BCUT2D eigenvalue weighted by molar-refractivity contribution is -0.0453. The quantitative estimate of drug-likeness (QED) is 0.799. The SMILES string of the molecule is [2H]c1c([2H])c2c3c(c1OC)OC1C([2H])(O)C=C[C@@]4([2H])[C@H](N(C)CC[C@]314)C2([2H])[2H]. The van der Waals surface area contributed by atoms with Crippen LogP contribution < -0.4 is 9.47 Å².